The van der Waals surface area contributed by atoms with Gasteiger partial charge < -0.3 is 34.5 Å². The molecule has 52 heavy (non-hydrogen) atoms. The Kier molecular flexibility index (Phi) is 14.7. The molecule has 4 aromatic rings. The van der Waals surface area contributed by atoms with Crippen molar-refractivity contribution in [2.24, 2.45) is 0 Å². The highest BCUT2D eigenvalue weighted by molar-refractivity contribution is 7.90. The Morgan fingerprint density at radius 2 is 1.81 bits per heavy atom. The first-order chi connectivity index (χ1) is 24.0. The molecule has 0 bridgehead atoms. The van der Waals surface area contributed by atoms with E-state index in [4.69, 9.17) is 9.47 Å². The largest absolute Gasteiger partial charge is 0.494 e. The van der Waals surface area contributed by atoms with Crippen LogP contribution in [0.25, 0.3) is 22.2 Å². The molecule has 3 aromatic carbocycles. The number of halogens is 2. The highest BCUT2D eigenvalue weighted by Gasteiger charge is 2.26. The molecule has 1 saturated heterocycles. The van der Waals surface area contributed by atoms with Crippen molar-refractivity contribution in [1.82, 2.24) is 19.8 Å². The monoisotopic (exact) mass is 774 g/mol. The number of rotatable bonds is 14. The number of hydrogen-bond acceptors (Lipinski definition) is 10. The third-order valence-corrected chi connectivity index (χ3v) is 9.67. The number of methoxy groups -OCH3 is 1. The minimum atomic E-state index is -3.61. The zero-order valence-electron chi connectivity index (χ0n) is 29.7. The van der Waals surface area contributed by atoms with E-state index < -0.39 is 15.7 Å². The number of carbonyl (C=O) groups excluding carboxylic acids is 3. The first-order valence-corrected chi connectivity index (χ1v) is 18.1. The molecule has 0 radical (unpaired) electrons. The molecule has 0 aliphatic carbocycles. The number of unbranched alkanes of at least 4 members (excludes halogenated alkanes) is 1. The number of hydrogen-bond donors (Lipinski definition) is 2. The first-order valence-electron chi connectivity index (χ1n) is 16.3. The third-order valence-electron chi connectivity index (χ3n) is 8.78. The number of ether oxygens (including phenoxy) is 2. The molecule has 2 N–H and O–H groups in total. The van der Waals surface area contributed by atoms with Crippen LogP contribution < -0.4 is 19.7 Å². The summed E-state index contributed by atoms with van der Waals surface area (Å²) in [5.74, 6) is 2.42. The molecule has 1 aliphatic heterocycles. The minimum absolute atomic E-state index is 0. The molecule has 0 spiro atoms. The molecule has 1 fully saturated rings. The number of anilines is 2. The van der Waals surface area contributed by atoms with Gasteiger partial charge in [-0.2, -0.15) is 0 Å². The second-order valence-corrected chi connectivity index (χ2v) is 14.3. The number of allylic oxidation sites excluding steroid dienone is 1. The van der Waals surface area contributed by atoms with Gasteiger partial charge in [-0.25, -0.2) is 18.2 Å². The average molecular weight is 776 g/mol. The number of piperazine rings is 1. The first kappa shape index (κ1) is 41.8. The van der Waals surface area contributed by atoms with Crippen LogP contribution in [-0.2, 0) is 19.4 Å². The molecular weight excluding hydrogens is 731 g/mol. The molecule has 5 rings (SSSR count). The zero-order chi connectivity index (χ0) is 36.0. The van der Waals surface area contributed by atoms with E-state index in [1.807, 2.05) is 19.1 Å². The quantitative estimate of drug-likeness (QED) is 0.0999. The number of imidazole rings is 1. The van der Waals surface area contributed by atoms with Crippen LogP contribution in [0.2, 0.25) is 0 Å². The Bertz CT molecular complexity index is 2060. The van der Waals surface area contributed by atoms with Gasteiger partial charge in [0.2, 0.25) is 21.4 Å². The van der Waals surface area contributed by atoms with Crippen molar-refractivity contribution < 1.29 is 32.3 Å². The fourth-order valence-corrected chi connectivity index (χ4v) is 6.57. The van der Waals surface area contributed by atoms with Crippen molar-refractivity contribution in [3.8, 4) is 22.6 Å². The topological polar surface area (TPSA) is 154 Å². The standard InChI is InChI=1S/C36H42N6O7S.2ClH/c1-24-12-15-30(31(21-24)49-20-7-6-9-25(22-43)42-18-16-40(2)17-19-42)41(3)35(45)28-14-13-27(34(48-4)33(28)37-23-44)26-10-8-11-29-32(26)39-36(38-29)50(5,46)47;;/h8,10-15,21,23H,6-7,9,16-20H2,1-5H3,(H,37,44)(H,38,39);2*1H. The van der Waals surface area contributed by atoms with Crippen molar-refractivity contribution >= 4 is 75.3 Å². The van der Waals surface area contributed by atoms with E-state index in [2.05, 4.69) is 38.1 Å². The van der Waals surface area contributed by atoms with E-state index in [1.165, 1.54) is 12.0 Å². The lowest BCUT2D eigenvalue weighted by Gasteiger charge is -2.34. The Balaban J connectivity index is 0.00000364. The summed E-state index contributed by atoms with van der Waals surface area (Å²) in [6, 6.07) is 14.0. The summed E-state index contributed by atoms with van der Waals surface area (Å²) >= 11 is 0. The van der Waals surface area contributed by atoms with Crippen LogP contribution in [0, 0.1) is 6.92 Å². The molecule has 16 heteroatoms. The number of para-hydroxylation sites is 1. The molecule has 13 nitrogen and oxygen atoms in total. The van der Waals surface area contributed by atoms with E-state index in [9.17, 15) is 22.8 Å². The number of aryl methyl sites for hydroxylation is 1. The highest BCUT2D eigenvalue weighted by atomic mass is 35.5. The predicted molar refractivity (Wildman–Crippen MR) is 207 cm³/mol. The van der Waals surface area contributed by atoms with Crippen molar-refractivity contribution in [2.45, 2.75) is 31.3 Å². The number of aromatic amines is 1. The minimum Gasteiger partial charge on any atom is -0.494 e. The molecule has 1 aromatic heterocycles. The van der Waals surface area contributed by atoms with E-state index in [-0.39, 0.29) is 47.0 Å². The van der Waals surface area contributed by atoms with Crippen molar-refractivity contribution in [1.29, 1.82) is 0 Å². The van der Waals surface area contributed by atoms with Gasteiger partial charge in [-0.3, -0.25) is 9.59 Å². The Morgan fingerprint density at radius 1 is 1.08 bits per heavy atom. The van der Waals surface area contributed by atoms with E-state index >= 15 is 0 Å². The molecule has 0 atom stereocenters. The van der Waals surface area contributed by atoms with Gasteiger partial charge in [0, 0.05) is 50.6 Å². The smallest absolute Gasteiger partial charge is 0.260 e. The second kappa shape index (κ2) is 18.3. The Labute approximate surface area is 316 Å². The normalized spacial score (nSPS) is 13.0. The van der Waals surface area contributed by atoms with E-state index in [1.54, 1.807) is 43.4 Å². The van der Waals surface area contributed by atoms with Crippen molar-refractivity contribution in [3.05, 3.63) is 65.4 Å². The Hall–Kier alpha value is -4.59. The van der Waals surface area contributed by atoms with Gasteiger partial charge in [0.05, 0.1) is 47.4 Å². The van der Waals surface area contributed by atoms with Crippen LogP contribution >= 0.6 is 24.8 Å². The summed E-state index contributed by atoms with van der Waals surface area (Å²) in [4.78, 5) is 50.5. The van der Waals surface area contributed by atoms with Crippen LogP contribution in [0.5, 0.6) is 11.5 Å². The SMILES string of the molecule is COc1c(-c2cccc3[nH]c(S(C)(=O)=O)nc23)ccc(C(=O)N(C)c2ccc(C)cc2OCCCCC(=C=O)N2CCN(C)CC2)c1NC=O.Cl.Cl. The van der Waals surface area contributed by atoms with Gasteiger partial charge in [0.1, 0.15) is 11.7 Å². The maximum absolute atomic E-state index is 14.1. The van der Waals surface area contributed by atoms with Crippen molar-refractivity contribution in [3.63, 3.8) is 0 Å². The molecule has 2 amide bonds. The Morgan fingerprint density at radius 3 is 2.46 bits per heavy atom. The lowest BCUT2D eigenvalue weighted by molar-refractivity contribution is -0.105. The van der Waals surface area contributed by atoms with Crippen LogP contribution in [0.3, 0.4) is 0 Å². The summed E-state index contributed by atoms with van der Waals surface area (Å²) < 4.78 is 36.4. The van der Waals surface area contributed by atoms with Gasteiger partial charge in [-0.15, -0.1) is 24.8 Å². The fraction of sp³-hybridized carbons (Fsp3) is 0.361. The van der Waals surface area contributed by atoms with Gasteiger partial charge in [0.15, 0.2) is 5.75 Å². The average Bonchev–Trinajstić information content (AvgIpc) is 3.56. The molecule has 0 saturated carbocycles. The summed E-state index contributed by atoms with van der Waals surface area (Å²) in [5.41, 5.74) is 4.40. The highest BCUT2D eigenvalue weighted by Crippen LogP contribution is 2.42. The van der Waals surface area contributed by atoms with Gasteiger partial charge in [-0.1, -0.05) is 18.2 Å². The van der Waals surface area contributed by atoms with Crippen LogP contribution in [-0.4, -0.2) is 107 Å². The van der Waals surface area contributed by atoms with Gasteiger partial charge >= 0.3 is 0 Å². The maximum atomic E-state index is 14.1. The second-order valence-electron chi connectivity index (χ2n) is 12.3. The molecule has 1 aliphatic rings. The molecule has 0 unspecified atom stereocenters. The maximum Gasteiger partial charge on any atom is 0.260 e. The summed E-state index contributed by atoms with van der Waals surface area (Å²) in [7, 11) is 1.51. The van der Waals surface area contributed by atoms with Gasteiger partial charge in [-0.05, 0) is 69.1 Å². The number of carbonyl (C=O) groups is 2. The molecule has 2 heterocycles. The number of H-pyrrole nitrogens is 1. The van der Waals surface area contributed by atoms with Crippen LogP contribution in [0.1, 0.15) is 35.2 Å². The number of nitrogens with one attached hydrogen (secondary N) is 2. The van der Waals surface area contributed by atoms with Crippen LogP contribution in [0.15, 0.2) is 59.4 Å². The van der Waals surface area contributed by atoms with Gasteiger partial charge in [0.25, 0.3) is 5.91 Å². The summed E-state index contributed by atoms with van der Waals surface area (Å²) in [6.07, 6.45) is 3.60. The fourth-order valence-electron chi connectivity index (χ4n) is 6.02. The van der Waals surface area contributed by atoms with Crippen molar-refractivity contribution in [2.75, 3.05) is 70.5 Å². The lowest BCUT2D eigenvalue weighted by atomic mass is 9.98. The van der Waals surface area contributed by atoms with E-state index in [0.29, 0.717) is 65.2 Å². The summed E-state index contributed by atoms with van der Waals surface area (Å²) in [5, 5.41) is 2.46. The number of aromatic nitrogens is 2. The number of likely N-dealkylation sites (N-methyl/N-ethyl adjacent to an activating group) is 1. The third kappa shape index (κ3) is 9.25. The number of fused-ring (bicyclic) bond motifs is 1. The predicted octanol–water partition coefficient (Wildman–Crippen LogP) is 5.15. The molecule has 280 valence electrons. The number of nitrogens with zero attached hydrogens (tertiary/aromatic N) is 4. The zero-order valence-corrected chi connectivity index (χ0v) is 32.2. The van der Waals surface area contributed by atoms with Crippen LogP contribution in [0.4, 0.5) is 11.4 Å². The number of sulfone groups is 1. The number of benzene rings is 3. The molecular formula is C36H44Cl2N6O7S. The number of amides is 2. The summed E-state index contributed by atoms with van der Waals surface area (Å²) in [6.45, 7) is 5.77. The van der Waals surface area contributed by atoms with E-state index in [0.717, 1.165) is 44.4 Å². The lowest BCUT2D eigenvalue weighted by Crippen LogP contribution is -2.44.